The molecule has 0 aliphatic carbocycles. The normalized spacial score (nSPS) is 12.7. The van der Waals surface area contributed by atoms with E-state index in [-0.39, 0.29) is 11.6 Å². The summed E-state index contributed by atoms with van der Waals surface area (Å²) in [6, 6.07) is 15.9. The number of fused-ring (bicyclic) bond motifs is 1. The van der Waals surface area contributed by atoms with Crippen LogP contribution in [0.1, 0.15) is 84.1 Å². The molecule has 2 unspecified atom stereocenters. The molecular formula is C35H46O5. The Bertz CT molecular complexity index is 1260. The van der Waals surface area contributed by atoms with Crippen LogP contribution in [0.25, 0.3) is 22.1 Å². The van der Waals surface area contributed by atoms with Crippen LogP contribution in [-0.4, -0.2) is 19.2 Å². The van der Waals surface area contributed by atoms with Crippen LogP contribution >= 0.6 is 0 Å². The van der Waals surface area contributed by atoms with Crippen LogP contribution in [0.3, 0.4) is 0 Å². The van der Waals surface area contributed by atoms with Gasteiger partial charge < -0.3 is 13.9 Å². The molecular weight excluding hydrogens is 500 g/mol. The van der Waals surface area contributed by atoms with E-state index in [1.165, 1.54) is 30.9 Å². The van der Waals surface area contributed by atoms with Crippen molar-refractivity contribution in [3.05, 3.63) is 77.2 Å². The third-order valence-electron chi connectivity index (χ3n) is 7.78. The van der Waals surface area contributed by atoms with Gasteiger partial charge in [-0.05, 0) is 66.8 Å². The molecule has 0 aliphatic rings. The molecule has 5 heteroatoms. The number of unbranched alkanes of at least 4 members (excludes halogenated alkanes) is 3. The van der Waals surface area contributed by atoms with Gasteiger partial charge in [-0.15, -0.1) is 0 Å². The van der Waals surface area contributed by atoms with Crippen molar-refractivity contribution < 1.29 is 18.7 Å². The fourth-order valence-electron chi connectivity index (χ4n) is 4.96. The summed E-state index contributed by atoms with van der Waals surface area (Å²) in [6.45, 7) is 11.1. The largest absolute Gasteiger partial charge is 0.493 e. The van der Waals surface area contributed by atoms with Crippen LogP contribution in [0, 0.1) is 11.8 Å². The van der Waals surface area contributed by atoms with Crippen molar-refractivity contribution in [3.8, 4) is 16.9 Å². The summed E-state index contributed by atoms with van der Waals surface area (Å²) in [5.74, 6) is 1.21. The predicted octanol–water partition coefficient (Wildman–Crippen LogP) is 8.91. The molecule has 3 aromatic rings. The Balaban J connectivity index is 1.52. The standard InChI is InChI=1S/C35H46O5/c1-5-9-10-15-28-16-18-29(19-17-28)32-22-30-20-21-31(23-33(30)40-35(32)37)38-24-26(6-2)13-11-12-14-27(7-3)25-39-34(36)8-4/h8,16-23,26-27H,4-7,9-15,24-25H2,1-3H3. The third kappa shape index (κ3) is 9.69. The quantitative estimate of drug-likeness (QED) is 0.0690. The lowest BCUT2D eigenvalue weighted by Gasteiger charge is -2.18. The molecule has 3 rings (SSSR count). The maximum Gasteiger partial charge on any atom is 0.344 e. The van der Waals surface area contributed by atoms with E-state index in [2.05, 4.69) is 39.5 Å². The van der Waals surface area contributed by atoms with Gasteiger partial charge in [0, 0.05) is 17.5 Å². The molecule has 0 N–H and O–H groups in total. The fourth-order valence-corrected chi connectivity index (χ4v) is 4.96. The molecule has 0 bridgehead atoms. The Hall–Kier alpha value is -3.34. The highest BCUT2D eigenvalue weighted by atomic mass is 16.5. The number of aryl methyl sites for hydroxylation is 1. The van der Waals surface area contributed by atoms with Crippen molar-refractivity contribution in [2.45, 2.75) is 85.0 Å². The second-order valence-corrected chi connectivity index (χ2v) is 10.8. The molecule has 0 radical (unpaired) electrons. The van der Waals surface area contributed by atoms with Crippen molar-refractivity contribution in [2.24, 2.45) is 11.8 Å². The minimum Gasteiger partial charge on any atom is -0.493 e. The zero-order valence-corrected chi connectivity index (χ0v) is 24.6. The smallest absolute Gasteiger partial charge is 0.344 e. The maximum absolute atomic E-state index is 12.8. The van der Waals surface area contributed by atoms with Gasteiger partial charge in [-0.3, -0.25) is 0 Å². The van der Waals surface area contributed by atoms with E-state index in [1.54, 1.807) is 0 Å². The molecule has 1 aromatic heterocycles. The van der Waals surface area contributed by atoms with E-state index in [9.17, 15) is 9.59 Å². The summed E-state index contributed by atoms with van der Waals surface area (Å²) in [7, 11) is 0. The average Bonchev–Trinajstić information content (AvgIpc) is 2.98. The maximum atomic E-state index is 12.8. The summed E-state index contributed by atoms with van der Waals surface area (Å²) in [5.41, 5.74) is 2.96. The molecule has 0 amide bonds. The molecule has 5 nitrogen and oxygen atoms in total. The van der Waals surface area contributed by atoms with Crippen molar-refractivity contribution in [2.75, 3.05) is 13.2 Å². The van der Waals surface area contributed by atoms with E-state index in [1.807, 2.05) is 36.4 Å². The first-order chi connectivity index (χ1) is 19.5. The van der Waals surface area contributed by atoms with Crippen LogP contribution in [-0.2, 0) is 16.0 Å². The lowest BCUT2D eigenvalue weighted by Crippen LogP contribution is -2.13. The number of ether oxygens (including phenoxy) is 2. The van der Waals surface area contributed by atoms with Gasteiger partial charge in [0.1, 0.15) is 11.3 Å². The zero-order chi connectivity index (χ0) is 28.7. The van der Waals surface area contributed by atoms with Gasteiger partial charge in [0.25, 0.3) is 0 Å². The van der Waals surface area contributed by atoms with E-state index < -0.39 is 0 Å². The number of hydrogen-bond donors (Lipinski definition) is 0. The summed E-state index contributed by atoms with van der Waals surface area (Å²) in [5, 5.41) is 0.880. The van der Waals surface area contributed by atoms with E-state index in [0.717, 1.165) is 55.9 Å². The number of carbonyl (C=O) groups is 1. The van der Waals surface area contributed by atoms with Gasteiger partial charge in [-0.2, -0.15) is 0 Å². The second kappa shape index (κ2) is 16.7. The summed E-state index contributed by atoms with van der Waals surface area (Å²) < 4.78 is 17.0. The van der Waals surface area contributed by atoms with Crippen LogP contribution < -0.4 is 10.4 Å². The first kappa shape index (κ1) is 31.2. The highest BCUT2D eigenvalue weighted by molar-refractivity contribution is 5.83. The highest BCUT2D eigenvalue weighted by Gasteiger charge is 2.13. The summed E-state index contributed by atoms with van der Waals surface area (Å²) >= 11 is 0. The first-order valence-electron chi connectivity index (χ1n) is 15.1. The molecule has 0 spiro atoms. The topological polar surface area (TPSA) is 65.7 Å². The van der Waals surface area contributed by atoms with Crippen molar-refractivity contribution in [3.63, 3.8) is 0 Å². The van der Waals surface area contributed by atoms with Crippen LogP contribution in [0.4, 0.5) is 0 Å². The van der Waals surface area contributed by atoms with Gasteiger partial charge in [-0.25, -0.2) is 9.59 Å². The highest BCUT2D eigenvalue weighted by Crippen LogP contribution is 2.26. The summed E-state index contributed by atoms with van der Waals surface area (Å²) in [4.78, 5) is 24.1. The van der Waals surface area contributed by atoms with Gasteiger partial charge in [0.2, 0.25) is 0 Å². The molecule has 1 heterocycles. The van der Waals surface area contributed by atoms with Crippen LogP contribution in [0.2, 0.25) is 0 Å². The lowest BCUT2D eigenvalue weighted by molar-refractivity contribution is -0.139. The lowest BCUT2D eigenvalue weighted by atomic mass is 9.95. The van der Waals surface area contributed by atoms with E-state index in [4.69, 9.17) is 13.9 Å². The third-order valence-corrected chi connectivity index (χ3v) is 7.78. The zero-order valence-electron chi connectivity index (χ0n) is 24.6. The molecule has 40 heavy (non-hydrogen) atoms. The summed E-state index contributed by atoms with van der Waals surface area (Å²) in [6.07, 6.45) is 12.3. The van der Waals surface area contributed by atoms with E-state index >= 15 is 0 Å². The van der Waals surface area contributed by atoms with Gasteiger partial charge in [-0.1, -0.05) is 90.1 Å². The monoisotopic (exact) mass is 546 g/mol. The van der Waals surface area contributed by atoms with Gasteiger partial charge in [0.15, 0.2) is 0 Å². The Morgan fingerprint density at radius 2 is 1.60 bits per heavy atom. The Labute approximate surface area is 239 Å². The fraction of sp³-hybridized carbons (Fsp3) is 0.486. The number of esters is 1. The van der Waals surface area contributed by atoms with Crippen molar-refractivity contribution in [1.82, 2.24) is 0 Å². The number of hydrogen-bond acceptors (Lipinski definition) is 5. The molecule has 216 valence electrons. The number of carbonyl (C=O) groups excluding carboxylic acids is 1. The minimum absolute atomic E-state index is 0.334. The number of rotatable bonds is 18. The Morgan fingerprint density at radius 3 is 2.25 bits per heavy atom. The van der Waals surface area contributed by atoms with Crippen molar-refractivity contribution in [1.29, 1.82) is 0 Å². The minimum atomic E-state index is -0.349. The van der Waals surface area contributed by atoms with E-state index in [0.29, 0.717) is 41.9 Å². The van der Waals surface area contributed by atoms with Gasteiger partial charge >= 0.3 is 11.6 Å². The van der Waals surface area contributed by atoms with Crippen LogP contribution in [0.15, 0.2) is 70.4 Å². The number of benzene rings is 2. The molecule has 0 saturated heterocycles. The first-order valence-corrected chi connectivity index (χ1v) is 15.1. The predicted molar refractivity (Wildman–Crippen MR) is 164 cm³/mol. The molecule has 2 atom stereocenters. The SMILES string of the molecule is C=CC(=O)OCC(CC)CCCCC(CC)COc1ccc2cc(-c3ccc(CCCCC)cc3)c(=O)oc2c1. The second-order valence-electron chi connectivity index (χ2n) is 10.8. The molecule has 2 aromatic carbocycles. The molecule has 0 aliphatic heterocycles. The van der Waals surface area contributed by atoms with Crippen LogP contribution in [0.5, 0.6) is 5.75 Å². The van der Waals surface area contributed by atoms with Crippen molar-refractivity contribution >= 4 is 16.9 Å². The Morgan fingerprint density at radius 1 is 0.900 bits per heavy atom. The molecule has 0 fully saturated rings. The van der Waals surface area contributed by atoms with Gasteiger partial charge in [0.05, 0.1) is 18.8 Å². The molecule has 0 saturated carbocycles. The average molecular weight is 547 g/mol. The Kier molecular flexibility index (Phi) is 13.0.